The molecule has 0 saturated heterocycles. The van der Waals surface area contributed by atoms with Crippen LogP contribution in [-0.2, 0) is 20.9 Å². The molecule has 3 rings (SSSR count). The summed E-state index contributed by atoms with van der Waals surface area (Å²) in [7, 11) is 1.65. The normalized spacial score (nSPS) is 24.1. The standard InChI is InChI=1S/C16H16O4/c1-18-13-5-2-11(3-6-13)10-19-14-7-4-12-8-16(17)20-15(12)9-14/h2-8,14-15H,9-10H2,1H3/t14-,15?/m1/s1. The summed E-state index contributed by atoms with van der Waals surface area (Å²) in [6.07, 6.45) is 5.95. The zero-order valence-electron chi connectivity index (χ0n) is 11.2. The Morgan fingerprint density at radius 1 is 1.30 bits per heavy atom. The quantitative estimate of drug-likeness (QED) is 0.789. The van der Waals surface area contributed by atoms with Crippen molar-refractivity contribution in [1.29, 1.82) is 0 Å². The van der Waals surface area contributed by atoms with Gasteiger partial charge in [0.25, 0.3) is 0 Å². The number of hydrogen-bond donors (Lipinski definition) is 0. The van der Waals surface area contributed by atoms with Crippen LogP contribution < -0.4 is 4.74 Å². The third-order valence-corrected chi connectivity index (χ3v) is 3.49. The van der Waals surface area contributed by atoms with E-state index in [1.165, 1.54) is 0 Å². The van der Waals surface area contributed by atoms with E-state index in [0.717, 1.165) is 16.9 Å². The van der Waals surface area contributed by atoms with Gasteiger partial charge in [0.1, 0.15) is 11.9 Å². The largest absolute Gasteiger partial charge is 0.497 e. The number of benzene rings is 1. The van der Waals surface area contributed by atoms with Crippen LogP contribution in [0.3, 0.4) is 0 Å². The molecule has 1 aromatic carbocycles. The van der Waals surface area contributed by atoms with Crippen molar-refractivity contribution in [3.05, 3.63) is 53.6 Å². The van der Waals surface area contributed by atoms with E-state index < -0.39 is 0 Å². The van der Waals surface area contributed by atoms with Crippen LogP contribution in [0.1, 0.15) is 12.0 Å². The molecule has 1 heterocycles. The second kappa shape index (κ2) is 5.51. The molecule has 104 valence electrons. The molecule has 0 radical (unpaired) electrons. The first-order chi connectivity index (χ1) is 9.74. The van der Waals surface area contributed by atoms with Crippen molar-refractivity contribution in [2.24, 2.45) is 0 Å². The van der Waals surface area contributed by atoms with Crippen LogP contribution >= 0.6 is 0 Å². The Morgan fingerprint density at radius 2 is 2.10 bits per heavy atom. The Morgan fingerprint density at radius 3 is 2.85 bits per heavy atom. The molecule has 4 nitrogen and oxygen atoms in total. The Kier molecular flexibility index (Phi) is 3.56. The zero-order chi connectivity index (χ0) is 13.9. The van der Waals surface area contributed by atoms with Gasteiger partial charge in [-0.3, -0.25) is 0 Å². The number of hydrogen-bond acceptors (Lipinski definition) is 4. The highest BCUT2D eigenvalue weighted by Crippen LogP contribution is 2.27. The number of carbonyl (C=O) groups excluding carboxylic acids is 1. The minimum atomic E-state index is -0.259. The smallest absolute Gasteiger partial charge is 0.331 e. The zero-order valence-corrected chi connectivity index (χ0v) is 11.2. The SMILES string of the molecule is COc1ccc(CO[C@@H]2C=CC3=CC(=O)OC3C2)cc1. The molecule has 0 spiro atoms. The van der Waals surface area contributed by atoms with E-state index in [-0.39, 0.29) is 18.2 Å². The van der Waals surface area contributed by atoms with Crippen LogP contribution in [0.4, 0.5) is 0 Å². The summed E-state index contributed by atoms with van der Waals surface area (Å²) in [5.74, 6) is 0.574. The summed E-state index contributed by atoms with van der Waals surface area (Å²) in [4.78, 5) is 11.2. The van der Waals surface area contributed by atoms with Gasteiger partial charge in [0.2, 0.25) is 0 Å². The topological polar surface area (TPSA) is 44.8 Å². The minimum Gasteiger partial charge on any atom is -0.497 e. The van der Waals surface area contributed by atoms with E-state index in [1.54, 1.807) is 13.2 Å². The summed E-state index contributed by atoms with van der Waals surface area (Å²) in [6, 6.07) is 7.78. The van der Waals surface area contributed by atoms with Crippen molar-refractivity contribution in [1.82, 2.24) is 0 Å². The van der Waals surface area contributed by atoms with E-state index in [2.05, 4.69) is 0 Å². The Labute approximate surface area is 117 Å². The molecule has 2 atom stereocenters. The van der Waals surface area contributed by atoms with Crippen molar-refractivity contribution in [2.75, 3.05) is 7.11 Å². The van der Waals surface area contributed by atoms with Crippen molar-refractivity contribution in [3.8, 4) is 5.75 Å². The average molecular weight is 272 g/mol. The first-order valence-electron chi connectivity index (χ1n) is 6.59. The van der Waals surface area contributed by atoms with E-state index in [0.29, 0.717) is 13.0 Å². The van der Waals surface area contributed by atoms with Gasteiger partial charge in [-0.25, -0.2) is 4.79 Å². The molecule has 0 N–H and O–H groups in total. The summed E-state index contributed by atoms with van der Waals surface area (Å²) in [6.45, 7) is 0.527. The Balaban J connectivity index is 1.56. The lowest BCUT2D eigenvalue weighted by Crippen LogP contribution is -2.24. The molecule has 1 unspecified atom stereocenters. The molecule has 0 aromatic heterocycles. The lowest BCUT2D eigenvalue weighted by atomic mass is 9.97. The number of esters is 1. The molecular weight excluding hydrogens is 256 g/mol. The molecule has 0 bridgehead atoms. The summed E-state index contributed by atoms with van der Waals surface area (Å²) < 4.78 is 16.2. The molecule has 0 amide bonds. The molecule has 1 aliphatic carbocycles. The molecule has 4 heteroatoms. The third-order valence-electron chi connectivity index (χ3n) is 3.49. The highest BCUT2D eigenvalue weighted by molar-refractivity contribution is 5.86. The predicted octanol–water partition coefficient (Wildman–Crippen LogP) is 2.39. The van der Waals surface area contributed by atoms with Crippen LogP contribution in [0, 0.1) is 0 Å². The Hall–Kier alpha value is -2.07. The van der Waals surface area contributed by atoms with Crippen molar-refractivity contribution < 1.29 is 19.0 Å². The van der Waals surface area contributed by atoms with Crippen molar-refractivity contribution in [3.63, 3.8) is 0 Å². The van der Waals surface area contributed by atoms with Crippen LogP contribution in [0.25, 0.3) is 0 Å². The lowest BCUT2D eigenvalue weighted by molar-refractivity contribution is -0.139. The molecular formula is C16H16O4. The van der Waals surface area contributed by atoms with E-state index in [4.69, 9.17) is 14.2 Å². The lowest BCUT2D eigenvalue weighted by Gasteiger charge is -2.23. The maximum absolute atomic E-state index is 11.2. The predicted molar refractivity (Wildman–Crippen MR) is 73.3 cm³/mol. The van der Waals surface area contributed by atoms with Gasteiger partial charge < -0.3 is 14.2 Å². The number of ether oxygens (including phenoxy) is 3. The van der Waals surface area contributed by atoms with Gasteiger partial charge in [0.05, 0.1) is 19.8 Å². The van der Waals surface area contributed by atoms with Gasteiger partial charge in [-0.1, -0.05) is 24.3 Å². The van der Waals surface area contributed by atoms with Crippen LogP contribution in [0.5, 0.6) is 5.75 Å². The second-order valence-corrected chi connectivity index (χ2v) is 4.86. The minimum absolute atomic E-state index is 0.0230. The third kappa shape index (κ3) is 2.75. The molecule has 1 aliphatic heterocycles. The Bertz CT molecular complexity index is 556. The molecule has 20 heavy (non-hydrogen) atoms. The first kappa shape index (κ1) is 12.9. The summed E-state index contributed by atoms with van der Waals surface area (Å²) in [5, 5.41) is 0. The fourth-order valence-electron chi connectivity index (χ4n) is 2.37. The van der Waals surface area contributed by atoms with Gasteiger partial charge >= 0.3 is 5.97 Å². The van der Waals surface area contributed by atoms with Gasteiger partial charge in [-0.2, -0.15) is 0 Å². The number of fused-ring (bicyclic) bond motifs is 1. The molecule has 0 saturated carbocycles. The highest BCUT2D eigenvalue weighted by Gasteiger charge is 2.30. The van der Waals surface area contributed by atoms with E-state index in [9.17, 15) is 4.79 Å². The maximum Gasteiger partial charge on any atom is 0.331 e. The summed E-state index contributed by atoms with van der Waals surface area (Å²) in [5.41, 5.74) is 2.03. The molecule has 2 aliphatic rings. The highest BCUT2D eigenvalue weighted by atomic mass is 16.6. The second-order valence-electron chi connectivity index (χ2n) is 4.86. The van der Waals surface area contributed by atoms with Crippen LogP contribution in [0.2, 0.25) is 0 Å². The number of carbonyl (C=O) groups is 1. The first-order valence-corrected chi connectivity index (χ1v) is 6.59. The van der Waals surface area contributed by atoms with E-state index >= 15 is 0 Å². The van der Waals surface area contributed by atoms with Crippen molar-refractivity contribution >= 4 is 5.97 Å². The van der Waals surface area contributed by atoms with E-state index in [1.807, 2.05) is 36.4 Å². The molecule has 0 fully saturated rings. The number of rotatable bonds is 4. The average Bonchev–Trinajstić information content (AvgIpc) is 2.85. The fourth-order valence-corrected chi connectivity index (χ4v) is 2.37. The van der Waals surface area contributed by atoms with Gasteiger partial charge in [0.15, 0.2) is 0 Å². The van der Waals surface area contributed by atoms with Gasteiger partial charge in [-0.05, 0) is 23.3 Å². The van der Waals surface area contributed by atoms with Crippen molar-refractivity contribution in [2.45, 2.75) is 25.2 Å². The van der Waals surface area contributed by atoms with Crippen LogP contribution in [0.15, 0.2) is 48.1 Å². The van der Waals surface area contributed by atoms with Crippen LogP contribution in [-0.4, -0.2) is 25.3 Å². The number of methoxy groups -OCH3 is 1. The monoisotopic (exact) mass is 272 g/mol. The molecule has 1 aromatic rings. The maximum atomic E-state index is 11.2. The van der Waals surface area contributed by atoms with Gasteiger partial charge in [-0.15, -0.1) is 0 Å². The summed E-state index contributed by atoms with van der Waals surface area (Å²) >= 11 is 0. The fraction of sp³-hybridized carbons (Fsp3) is 0.312. The van der Waals surface area contributed by atoms with Gasteiger partial charge in [0, 0.05) is 12.5 Å².